The van der Waals surface area contributed by atoms with Crippen LogP contribution in [-0.2, 0) is 0 Å². The van der Waals surface area contributed by atoms with Crippen LogP contribution >= 0.6 is 0 Å². The van der Waals surface area contributed by atoms with Gasteiger partial charge in [-0.1, -0.05) is 13.8 Å². The average molecular weight is 240 g/mol. The van der Waals surface area contributed by atoms with E-state index in [0.29, 0.717) is 11.1 Å². The molecule has 0 aliphatic rings. The minimum absolute atomic E-state index is 0.0962. The average Bonchev–Trinajstić information content (AvgIpc) is 2.23. The molecule has 0 fully saturated rings. The van der Waals surface area contributed by atoms with Gasteiger partial charge in [0.25, 0.3) is 0 Å². The smallest absolute Gasteiger partial charge is 0.129 e. The first-order valence-electron chi connectivity index (χ1n) is 5.65. The summed E-state index contributed by atoms with van der Waals surface area (Å²) in [7, 11) is 0. The molecule has 17 heavy (non-hydrogen) atoms. The summed E-state index contributed by atoms with van der Waals surface area (Å²) in [5.41, 5.74) is 2.49. The van der Waals surface area contributed by atoms with E-state index in [1.54, 1.807) is 13.8 Å². The van der Waals surface area contributed by atoms with Gasteiger partial charge in [0.05, 0.1) is 6.61 Å². The summed E-state index contributed by atoms with van der Waals surface area (Å²) in [6.45, 7) is 7.19. The van der Waals surface area contributed by atoms with Crippen molar-refractivity contribution in [2.45, 2.75) is 27.7 Å². The maximum Gasteiger partial charge on any atom is 0.129 e. The van der Waals surface area contributed by atoms with Crippen LogP contribution in [-0.4, -0.2) is 11.7 Å². The normalized spacial score (nSPS) is 12.9. The van der Waals surface area contributed by atoms with Crippen molar-refractivity contribution in [3.8, 4) is 0 Å². The molecule has 0 spiro atoms. The Bertz CT molecular complexity index is 448. The second kappa shape index (κ2) is 5.41. The third kappa shape index (κ3) is 2.91. The molecule has 0 aromatic heterocycles. The lowest BCUT2D eigenvalue weighted by atomic mass is 9.91. The summed E-state index contributed by atoms with van der Waals surface area (Å²) in [6, 6.07) is 2.19. The van der Waals surface area contributed by atoms with Crippen molar-refractivity contribution < 1.29 is 13.9 Å². The number of halogens is 2. The standard InChI is InChI=1S/C14H18F2O/c1-8(2)13(7-17)9(3)12-5-11(15)6-14(16)10(12)4/h5-6,8,17H,7H2,1-4H3/b13-9-. The lowest BCUT2D eigenvalue weighted by Gasteiger charge is -2.16. The summed E-state index contributed by atoms with van der Waals surface area (Å²) >= 11 is 0. The maximum atomic E-state index is 13.4. The Kier molecular flexibility index (Phi) is 4.40. The van der Waals surface area contributed by atoms with Crippen molar-refractivity contribution in [1.82, 2.24) is 0 Å². The number of hydrogen-bond acceptors (Lipinski definition) is 1. The molecule has 1 rings (SSSR count). The molecular formula is C14H18F2O. The van der Waals surface area contributed by atoms with Crippen molar-refractivity contribution in [3.63, 3.8) is 0 Å². The highest BCUT2D eigenvalue weighted by molar-refractivity contribution is 5.70. The Labute approximate surface area is 101 Å². The molecule has 0 atom stereocenters. The summed E-state index contributed by atoms with van der Waals surface area (Å²) in [4.78, 5) is 0. The topological polar surface area (TPSA) is 20.2 Å². The van der Waals surface area contributed by atoms with Gasteiger partial charge >= 0.3 is 0 Å². The zero-order valence-corrected chi connectivity index (χ0v) is 10.6. The van der Waals surface area contributed by atoms with Crippen LogP contribution < -0.4 is 0 Å². The minimum Gasteiger partial charge on any atom is -0.392 e. The highest BCUT2D eigenvalue weighted by Crippen LogP contribution is 2.27. The van der Waals surface area contributed by atoms with Gasteiger partial charge in [0, 0.05) is 6.07 Å². The molecule has 94 valence electrons. The molecular weight excluding hydrogens is 222 g/mol. The number of aliphatic hydroxyl groups is 1. The fourth-order valence-electron chi connectivity index (χ4n) is 1.94. The molecule has 0 amide bonds. The Morgan fingerprint density at radius 3 is 2.35 bits per heavy atom. The van der Waals surface area contributed by atoms with E-state index in [4.69, 9.17) is 0 Å². The van der Waals surface area contributed by atoms with Crippen molar-refractivity contribution >= 4 is 5.57 Å². The van der Waals surface area contributed by atoms with E-state index in [0.717, 1.165) is 17.2 Å². The van der Waals surface area contributed by atoms with Crippen molar-refractivity contribution in [1.29, 1.82) is 0 Å². The van der Waals surface area contributed by atoms with E-state index < -0.39 is 11.6 Å². The molecule has 1 aromatic rings. The van der Waals surface area contributed by atoms with Gasteiger partial charge in [0.15, 0.2) is 0 Å². The third-order valence-corrected chi connectivity index (χ3v) is 3.06. The van der Waals surface area contributed by atoms with E-state index >= 15 is 0 Å². The molecule has 1 aromatic carbocycles. The summed E-state index contributed by atoms with van der Waals surface area (Å²) < 4.78 is 26.7. The van der Waals surface area contributed by atoms with Crippen molar-refractivity contribution in [2.24, 2.45) is 5.92 Å². The third-order valence-electron chi connectivity index (χ3n) is 3.06. The van der Waals surface area contributed by atoms with Gasteiger partial charge in [0.2, 0.25) is 0 Å². The number of aliphatic hydroxyl groups excluding tert-OH is 1. The number of allylic oxidation sites excluding steroid dienone is 1. The zero-order valence-electron chi connectivity index (χ0n) is 10.6. The van der Waals surface area contributed by atoms with Crippen LogP contribution in [0.25, 0.3) is 5.57 Å². The van der Waals surface area contributed by atoms with Gasteiger partial charge in [-0.15, -0.1) is 0 Å². The zero-order chi connectivity index (χ0) is 13.2. The monoisotopic (exact) mass is 240 g/mol. The molecule has 1 nitrogen and oxygen atoms in total. The molecule has 0 bridgehead atoms. The van der Waals surface area contributed by atoms with Gasteiger partial charge in [-0.3, -0.25) is 0 Å². The number of rotatable bonds is 3. The quantitative estimate of drug-likeness (QED) is 0.854. The first-order chi connectivity index (χ1) is 7.88. The second-order valence-corrected chi connectivity index (χ2v) is 4.52. The van der Waals surface area contributed by atoms with Crippen LogP contribution in [0.15, 0.2) is 17.7 Å². The van der Waals surface area contributed by atoms with Crippen LogP contribution in [0.3, 0.4) is 0 Å². The first-order valence-corrected chi connectivity index (χ1v) is 5.65. The molecule has 0 unspecified atom stereocenters. The molecule has 0 saturated carbocycles. The van der Waals surface area contributed by atoms with Gasteiger partial charge in [-0.25, -0.2) is 8.78 Å². The maximum absolute atomic E-state index is 13.4. The predicted molar refractivity (Wildman–Crippen MR) is 65.6 cm³/mol. The lowest BCUT2D eigenvalue weighted by Crippen LogP contribution is -2.04. The van der Waals surface area contributed by atoms with E-state index in [-0.39, 0.29) is 12.5 Å². The molecule has 0 heterocycles. The number of hydrogen-bond donors (Lipinski definition) is 1. The Morgan fingerprint density at radius 1 is 1.29 bits per heavy atom. The van der Waals surface area contributed by atoms with Crippen molar-refractivity contribution in [3.05, 3.63) is 40.5 Å². The van der Waals surface area contributed by atoms with Crippen LogP contribution in [0.4, 0.5) is 8.78 Å². The highest BCUT2D eigenvalue weighted by atomic mass is 19.1. The summed E-state index contributed by atoms with van der Waals surface area (Å²) in [5.74, 6) is -1.00. The molecule has 1 N–H and O–H groups in total. The molecule has 0 aliphatic carbocycles. The fraction of sp³-hybridized carbons (Fsp3) is 0.429. The predicted octanol–water partition coefficient (Wildman–Crippen LogP) is 3.70. The second-order valence-electron chi connectivity index (χ2n) is 4.52. The Morgan fingerprint density at radius 2 is 1.88 bits per heavy atom. The van der Waals surface area contributed by atoms with E-state index in [9.17, 15) is 13.9 Å². The molecule has 0 saturated heterocycles. The van der Waals surface area contributed by atoms with Crippen LogP contribution in [0, 0.1) is 24.5 Å². The number of benzene rings is 1. The Balaban J connectivity index is 3.43. The summed E-state index contributed by atoms with van der Waals surface area (Å²) in [6.07, 6.45) is 0. The minimum atomic E-state index is -0.594. The van der Waals surface area contributed by atoms with E-state index in [2.05, 4.69) is 0 Å². The van der Waals surface area contributed by atoms with Gasteiger partial charge in [-0.2, -0.15) is 0 Å². The Hall–Kier alpha value is -1.22. The van der Waals surface area contributed by atoms with Gasteiger partial charge in [-0.05, 0) is 48.1 Å². The SMILES string of the molecule is C/C(=C(\CO)C(C)C)c1cc(F)cc(F)c1C. The lowest BCUT2D eigenvalue weighted by molar-refractivity contribution is 0.319. The van der Waals surface area contributed by atoms with Crippen LogP contribution in [0.2, 0.25) is 0 Å². The van der Waals surface area contributed by atoms with E-state index in [1.165, 1.54) is 6.07 Å². The first kappa shape index (κ1) is 13.8. The van der Waals surface area contributed by atoms with Gasteiger partial charge in [0.1, 0.15) is 11.6 Å². The largest absolute Gasteiger partial charge is 0.392 e. The van der Waals surface area contributed by atoms with Crippen LogP contribution in [0.1, 0.15) is 31.9 Å². The van der Waals surface area contributed by atoms with E-state index in [1.807, 2.05) is 13.8 Å². The molecule has 3 heteroatoms. The van der Waals surface area contributed by atoms with Gasteiger partial charge < -0.3 is 5.11 Å². The molecule has 0 aliphatic heterocycles. The highest BCUT2D eigenvalue weighted by Gasteiger charge is 2.13. The molecule has 0 radical (unpaired) electrons. The summed E-state index contributed by atoms with van der Waals surface area (Å²) in [5, 5.41) is 9.31. The van der Waals surface area contributed by atoms with Crippen LogP contribution in [0.5, 0.6) is 0 Å². The van der Waals surface area contributed by atoms with Crippen molar-refractivity contribution in [2.75, 3.05) is 6.61 Å². The fourth-order valence-corrected chi connectivity index (χ4v) is 1.94.